The van der Waals surface area contributed by atoms with Crippen LogP contribution in [0.2, 0.25) is 0 Å². The van der Waals surface area contributed by atoms with Crippen molar-refractivity contribution in [2.75, 3.05) is 7.05 Å². The molecule has 0 spiro atoms. The zero-order valence-corrected chi connectivity index (χ0v) is 10.8. The van der Waals surface area contributed by atoms with E-state index in [1.165, 1.54) is 24.8 Å². The van der Waals surface area contributed by atoms with Crippen molar-refractivity contribution in [3.05, 3.63) is 29.6 Å². The first-order chi connectivity index (χ1) is 9.08. The van der Waals surface area contributed by atoms with Gasteiger partial charge in [0.1, 0.15) is 0 Å². The average Bonchev–Trinajstić information content (AvgIpc) is 2.34. The van der Waals surface area contributed by atoms with Gasteiger partial charge in [0.05, 0.1) is 17.8 Å². The lowest BCUT2D eigenvalue weighted by Gasteiger charge is -2.34. The SMILES string of the molecule is CN(C(=O)NCc1cc(C(=O)O)ccn1)C1CCC1. The first kappa shape index (κ1) is 13.3. The number of aromatic nitrogens is 1. The standard InChI is InChI=1S/C13H17N3O3/c1-16(11-3-2-4-11)13(19)15-8-10-7-9(12(17)18)5-6-14-10/h5-7,11H,2-4,8H2,1H3,(H,15,19)(H,17,18). The van der Waals surface area contributed by atoms with E-state index < -0.39 is 5.97 Å². The lowest BCUT2D eigenvalue weighted by atomic mass is 9.92. The van der Waals surface area contributed by atoms with Crippen molar-refractivity contribution in [3.8, 4) is 0 Å². The number of carboxylic acid groups (broad SMARTS) is 1. The zero-order valence-electron chi connectivity index (χ0n) is 10.8. The average molecular weight is 263 g/mol. The Morgan fingerprint density at radius 1 is 1.53 bits per heavy atom. The minimum Gasteiger partial charge on any atom is -0.478 e. The highest BCUT2D eigenvalue weighted by molar-refractivity contribution is 5.87. The molecule has 1 fully saturated rings. The van der Waals surface area contributed by atoms with Gasteiger partial charge in [-0.3, -0.25) is 4.98 Å². The second-order valence-corrected chi connectivity index (χ2v) is 4.70. The number of carbonyl (C=O) groups is 2. The normalized spacial score (nSPS) is 14.6. The fourth-order valence-corrected chi connectivity index (χ4v) is 1.94. The molecule has 0 saturated heterocycles. The van der Waals surface area contributed by atoms with Crippen LogP contribution in [-0.4, -0.2) is 40.1 Å². The van der Waals surface area contributed by atoms with Crippen molar-refractivity contribution in [1.29, 1.82) is 0 Å². The molecule has 1 saturated carbocycles. The summed E-state index contributed by atoms with van der Waals surface area (Å²) >= 11 is 0. The molecule has 0 atom stereocenters. The lowest BCUT2D eigenvalue weighted by molar-refractivity contribution is 0.0696. The summed E-state index contributed by atoms with van der Waals surface area (Å²) in [6, 6.07) is 3.07. The van der Waals surface area contributed by atoms with Crippen LogP contribution in [0.3, 0.4) is 0 Å². The molecule has 0 radical (unpaired) electrons. The Kier molecular flexibility index (Phi) is 3.99. The summed E-state index contributed by atoms with van der Waals surface area (Å²) in [6.45, 7) is 0.233. The quantitative estimate of drug-likeness (QED) is 0.861. The van der Waals surface area contributed by atoms with Crippen LogP contribution < -0.4 is 5.32 Å². The van der Waals surface area contributed by atoms with Crippen LogP contribution in [0.25, 0.3) is 0 Å². The van der Waals surface area contributed by atoms with E-state index in [1.54, 1.807) is 11.9 Å². The van der Waals surface area contributed by atoms with Gasteiger partial charge < -0.3 is 15.3 Å². The molecule has 0 aromatic carbocycles. The van der Waals surface area contributed by atoms with E-state index in [0.29, 0.717) is 11.7 Å². The van der Waals surface area contributed by atoms with Crippen LogP contribution in [0.4, 0.5) is 4.79 Å². The Morgan fingerprint density at radius 2 is 2.26 bits per heavy atom. The molecule has 1 aromatic rings. The van der Waals surface area contributed by atoms with Crippen LogP contribution in [0.15, 0.2) is 18.3 Å². The maximum Gasteiger partial charge on any atom is 0.335 e. The molecule has 1 aromatic heterocycles. The Labute approximate surface area is 111 Å². The van der Waals surface area contributed by atoms with E-state index in [2.05, 4.69) is 10.3 Å². The predicted octanol–water partition coefficient (Wildman–Crippen LogP) is 1.47. The Hall–Kier alpha value is -2.11. The second kappa shape index (κ2) is 5.69. The van der Waals surface area contributed by atoms with Crippen LogP contribution in [0.5, 0.6) is 0 Å². The van der Waals surface area contributed by atoms with E-state index in [4.69, 9.17) is 5.11 Å². The summed E-state index contributed by atoms with van der Waals surface area (Å²) in [7, 11) is 1.78. The first-order valence-electron chi connectivity index (χ1n) is 6.27. The molecule has 1 aliphatic carbocycles. The largest absolute Gasteiger partial charge is 0.478 e. The smallest absolute Gasteiger partial charge is 0.335 e. The number of aromatic carboxylic acids is 1. The molecule has 2 amide bonds. The second-order valence-electron chi connectivity index (χ2n) is 4.70. The van der Waals surface area contributed by atoms with Gasteiger partial charge in [0.2, 0.25) is 0 Å². The van der Waals surface area contributed by atoms with E-state index >= 15 is 0 Å². The van der Waals surface area contributed by atoms with Crippen molar-refractivity contribution in [1.82, 2.24) is 15.2 Å². The Balaban J connectivity index is 1.89. The minimum atomic E-state index is -0.999. The highest BCUT2D eigenvalue weighted by atomic mass is 16.4. The molecule has 19 heavy (non-hydrogen) atoms. The van der Waals surface area contributed by atoms with Crippen molar-refractivity contribution in [3.63, 3.8) is 0 Å². The predicted molar refractivity (Wildman–Crippen MR) is 68.8 cm³/mol. The van der Waals surface area contributed by atoms with Gasteiger partial charge in [-0.25, -0.2) is 9.59 Å². The van der Waals surface area contributed by atoms with Crippen molar-refractivity contribution in [2.24, 2.45) is 0 Å². The Bertz CT molecular complexity index is 486. The number of nitrogens with zero attached hydrogens (tertiary/aromatic N) is 2. The molecule has 6 nitrogen and oxygen atoms in total. The van der Waals surface area contributed by atoms with E-state index in [1.807, 2.05) is 0 Å². The number of amides is 2. The molecule has 2 rings (SSSR count). The van der Waals surface area contributed by atoms with Crippen LogP contribution in [0.1, 0.15) is 35.3 Å². The maximum absolute atomic E-state index is 11.8. The molecule has 1 heterocycles. The van der Waals surface area contributed by atoms with Gasteiger partial charge in [0.25, 0.3) is 0 Å². The van der Waals surface area contributed by atoms with Gasteiger partial charge in [-0.15, -0.1) is 0 Å². The minimum absolute atomic E-state index is 0.146. The van der Waals surface area contributed by atoms with Crippen molar-refractivity contribution >= 4 is 12.0 Å². The summed E-state index contributed by atoms with van der Waals surface area (Å²) in [5.74, 6) is -0.999. The summed E-state index contributed by atoms with van der Waals surface area (Å²) in [5, 5.41) is 11.6. The summed E-state index contributed by atoms with van der Waals surface area (Å²) in [6.07, 6.45) is 4.71. The van der Waals surface area contributed by atoms with Gasteiger partial charge in [0.15, 0.2) is 0 Å². The molecule has 1 aliphatic rings. The highest BCUT2D eigenvalue weighted by Gasteiger charge is 2.25. The first-order valence-corrected chi connectivity index (χ1v) is 6.27. The van der Waals surface area contributed by atoms with Crippen LogP contribution >= 0.6 is 0 Å². The number of hydrogen-bond acceptors (Lipinski definition) is 3. The third-order valence-corrected chi connectivity index (χ3v) is 3.43. The van der Waals surface area contributed by atoms with Crippen molar-refractivity contribution in [2.45, 2.75) is 31.8 Å². The molecule has 0 aliphatic heterocycles. The molecule has 0 unspecified atom stereocenters. The van der Waals surface area contributed by atoms with Crippen molar-refractivity contribution < 1.29 is 14.7 Å². The molecule has 6 heteroatoms. The number of carbonyl (C=O) groups excluding carboxylic acids is 1. The number of pyridine rings is 1. The van der Waals surface area contributed by atoms with E-state index in [-0.39, 0.29) is 18.1 Å². The third-order valence-electron chi connectivity index (χ3n) is 3.43. The van der Waals surface area contributed by atoms with E-state index in [0.717, 1.165) is 12.8 Å². The number of nitrogens with one attached hydrogen (secondary N) is 1. The van der Waals surface area contributed by atoms with Crippen LogP contribution in [0, 0.1) is 0 Å². The zero-order chi connectivity index (χ0) is 13.8. The Morgan fingerprint density at radius 3 is 2.84 bits per heavy atom. The lowest BCUT2D eigenvalue weighted by Crippen LogP contribution is -2.46. The summed E-state index contributed by atoms with van der Waals surface area (Å²) in [4.78, 5) is 28.4. The molecular weight excluding hydrogens is 246 g/mol. The fourth-order valence-electron chi connectivity index (χ4n) is 1.94. The van der Waals surface area contributed by atoms with Gasteiger partial charge in [0, 0.05) is 19.3 Å². The molecule has 2 N–H and O–H groups in total. The van der Waals surface area contributed by atoms with E-state index in [9.17, 15) is 9.59 Å². The fraction of sp³-hybridized carbons (Fsp3) is 0.462. The van der Waals surface area contributed by atoms with Gasteiger partial charge in [-0.05, 0) is 31.4 Å². The number of urea groups is 1. The van der Waals surface area contributed by atoms with Gasteiger partial charge >= 0.3 is 12.0 Å². The maximum atomic E-state index is 11.8. The number of carboxylic acids is 1. The molecule has 102 valence electrons. The third kappa shape index (κ3) is 3.21. The van der Waals surface area contributed by atoms with Crippen LogP contribution in [-0.2, 0) is 6.54 Å². The number of hydrogen-bond donors (Lipinski definition) is 2. The van der Waals surface area contributed by atoms with Gasteiger partial charge in [-0.2, -0.15) is 0 Å². The topological polar surface area (TPSA) is 82.5 Å². The summed E-state index contributed by atoms with van der Waals surface area (Å²) < 4.78 is 0. The molecule has 0 bridgehead atoms. The monoisotopic (exact) mass is 263 g/mol. The molecular formula is C13H17N3O3. The highest BCUT2D eigenvalue weighted by Crippen LogP contribution is 2.23. The van der Waals surface area contributed by atoms with Gasteiger partial charge in [-0.1, -0.05) is 0 Å². The number of rotatable bonds is 4. The summed E-state index contributed by atoms with van der Waals surface area (Å²) in [5.41, 5.74) is 0.710.